The van der Waals surface area contributed by atoms with Gasteiger partial charge in [0.1, 0.15) is 22.7 Å². The van der Waals surface area contributed by atoms with Crippen LogP contribution in [0.4, 0.5) is 0 Å². The molecule has 0 fully saturated rings. The number of unbranched alkanes of at least 4 members (excludes halogenated alkanes) is 12. The van der Waals surface area contributed by atoms with Crippen molar-refractivity contribution < 1.29 is 23.5 Å². The topological polar surface area (TPSA) is 107 Å². The van der Waals surface area contributed by atoms with Gasteiger partial charge in [-0.3, -0.25) is 4.79 Å². The number of fused-ring (bicyclic) bond motifs is 2. The van der Waals surface area contributed by atoms with Gasteiger partial charge in [-0.15, -0.1) is 0 Å². The smallest absolute Gasteiger partial charge is 0.336 e. The molecule has 268 valence electrons. The predicted octanol–water partition coefficient (Wildman–Crippen LogP) is 11.2. The number of phenolic OH excluding ortho intramolecular Hbond substituents is 1. The molecule has 2 aromatic heterocycles. The Balaban J connectivity index is 0.000000337. The van der Waals surface area contributed by atoms with Gasteiger partial charge in [-0.2, -0.15) is 0 Å². The fourth-order valence-corrected chi connectivity index (χ4v) is 6.35. The maximum Gasteiger partial charge on any atom is 0.336 e. The Morgan fingerprint density at radius 3 is 1.55 bits per heavy atom. The summed E-state index contributed by atoms with van der Waals surface area (Å²) < 4.78 is 16.2. The van der Waals surface area contributed by atoms with Crippen LogP contribution in [0.15, 0.2) is 54.8 Å². The minimum Gasteiger partial charge on any atom is -0.508 e. The van der Waals surface area contributed by atoms with Gasteiger partial charge in [0, 0.05) is 40.5 Å². The van der Waals surface area contributed by atoms with E-state index in [1.165, 1.54) is 76.7 Å². The van der Waals surface area contributed by atoms with Gasteiger partial charge >= 0.3 is 17.2 Å². The van der Waals surface area contributed by atoms with Gasteiger partial charge in [0.2, 0.25) is 0 Å². The van der Waals surface area contributed by atoms with Crippen LogP contribution in [0.3, 0.4) is 0 Å². The number of carbonyl (C=O) groups is 1. The molecule has 49 heavy (non-hydrogen) atoms. The fourth-order valence-electron chi connectivity index (χ4n) is 6.35. The van der Waals surface area contributed by atoms with Gasteiger partial charge in [-0.05, 0) is 68.5 Å². The molecule has 0 aliphatic rings. The van der Waals surface area contributed by atoms with E-state index in [1.54, 1.807) is 25.1 Å². The van der Waals surface area contributed by atoms with E-state index in [9.17, 15) is 19.5 Å². The highest BCUT2D eigenvalue weighted by atomic mass is 16.5. The van der Waals surface area contributed by atoms with Gasteiger partial charge in [0.05, 0.1) is 0 Å². The van der Waals surface area contributed by atoms with Crippen molar-refractivity contribution in [1.29, 1.82) is 0 Å². The van der Waals surface area contributed by atoms with E-state index in [1.807, 2.05) is 19.1 Å². The molecule has 0 atom stereocenters. The normalized spacial score (nSPS) is 11.1. The summed E-state index contributed by atoms with van der Waals surface area (Å²) in [6.45, 7) is 10.00. The summed E-state index contributed by atoms with van der Waals surface area (Å²) in [6, 6.07) is 10.2. The van der Waals surface area contributed by atoms with E-state index in [-0.39, 0.29) is 23.0 Å². The van der Waals surface area contributed by atoms with E-state index in [2.05, 4.69) is 20.8 Å². The highest BCUT2D eigenvalue weighted by molar-refractivity contribution is 5.86. The summed E-state index contributed by atoms with van der Waals surface area (Å²) in [5, 5.41) is 11.4. The second kappa shape index (κ2) is 21.3. The van der Waals surface area contributed by atoms with E-state index < -0.39 is 0 Å². The van der Waals surface area contributed by atoms with Gasteiger partial charge < -0.3 is 18.7 Å². The Morgan fingerprint density at radius 2 is 1.06 bits per heavy atom. The Labute approximate surface area is 292 Å². The third-order valence-electron chi connectivity index (χ3n) is 9.16. The van der Waals surface area contributed by atoms with Gasteiger partial charge in [-0.25, -0.2) is 9.59 Å². The maximum atomic E-state index is 12.3. The first-order chi connectivity index (χ1) is 23.7. The second-order valence-corrected chi connectivity index (χ2v) is 13.3. The molecular weight excluding hydrogens is 616 g/mol. The summed E-state index contributed by atoms with van der Waals surface area (Å²) in [4.78, 5) is 35.7. The average molecular weight is 675 g/mol. The van der Waals surface area contributed by atoms with Crippen molar-refractivity contribution >= 4 is 27.9 Å². The Kier molecular flexibility index (Phi) is 17.2. The largest absolute Gasteiger partial charge is 0.508 e. The molecule has 4 aromatic rings. The van der Waals surface area contributed by atoms with Crippen molar-refractivity contribution in [3.63, 3.8) is 0 Å². The minimum absolute atomic E-state index is 0.157. The molecule has 0 unspecified atom stereocenters. The number of ether oxygens (including phenoxy) is 1. The lowest BCUT2D eigenvalue weighted by Gasteiger charge is -2.11. The second-order valence-electron chi connectivity index (χ2n) is 13.3. The SMILES string of the molecule is CCCCCCCCCCCCCCCC(=O)Oc1ccc2c(CCC)cc(=O)oc2c1C.CCCc1cc(=O)oc2c(C)c(O)ccc12. The predicted molar refractivity (Wildman–Crippen MR) is 200 cm³/mol. The van der Waals surface area contributed by atoms with Gasteiger partial charge in [-0.1, -0.05) is 111 Å². The lowest BCUT2D eigenvalue weighted by atomic mass is 10.0. The Morgan fingerprint density at radius 1 is 0.612 bits per heavy atom. The van der Waals surface area contributed by atoms with Crippen LogP contribution in [0.25, 0.3) is 21.9 Å². The van der Waals surface area contributed by atoms with Crippen molar-refractivity contribution in [2.45, 2.75) is 150 Å². The van der Waals surface area contributed by atoms with Crippen molar-refractivity contribution in [2.75, 3.05) is 0 Å². The van der Waals surface area contributed by atoms with E-state index in [0.29, 0.717) is 34.5 Å². The molecule has 0 amide bonds. The van der Waals surface area contributed by atoms with Crippen LogP contribution in [0.5, 0.6) is 11.5 Å². The van der Waals surface area contributed by atoms with Crippen molar-refractivity contribution in [3.8, 4) is 11.5 Å². The van der Waals surface area contributed by atoms with Crippen LogP contribution in [-0.2, 0) is 17.6 Å². The number of aryl methyl sites for hydroxylation is 4. The van der Waals surface area contributed by atoms with E-state index >= 15 is 0 Å². The third-order valence-corrected chi connectivity index (χ3v) is 9.16. The molecule has 7 heteroatoms. The number of carbonyl (C=O) groups excluding carboxylic acids is 1. The standard InChI is InChI=1S/C29H44O4.C13H14O3/c1-4-6-7-8-9-10-11-12-13-14-15-16-17-19-27(30)32-26-21-20-25-24(18-5-2)22-28(31)33-29(25)23(26)3;1-3-4-9-7-12(15)16-13-8(2)11(14)6-5-10(9)13/h20-22H,4-19H2,1-3H3;5-7,14H,3-4H2,1-2H3. The molecule has 0 aliphatic heterocycles. The molecule has 1 N–H and O–H groups in total. The first kappa shape index (κ1) is 39.6. The van der Waals surface area contributed by atoms with Crippen LogP contribution in [0.1, 0.15) is 146 Å². The number of aromatic hydroxyl groups is 1. The number of benzene rings is 2. The third kappa shape index (κ3) is 12.5. The quantitative estimate of drug-likeness (QED) is 0.0456. The average Bonchev–Trinajstić information content (AvgIpc) is 3.07. The van der Waals surface area contributed by atoms with Gasteiger partial charge in [0.25, 0.3) is 0 Å². The summed E-state index contributed by atoms with van der Waals surface area (Å²) >= 11 is 0. The lowest BCUT2D eigenvalue weighted by Crippen LogP contribution is -2.09. The van der Waals surface area contributed by atoms with Crippen LogP contribution in [0, 0.1) is 13.8 Å². The molecule has 0 saturated heterocycles. The van der Waals surface area contributed by atoms with Crippen LogP contribution >= 0.6 is 0 Å². The first-order valence-electron chi connectivity index (χ1n) is 18.7. The number of phenols is 1. The molecule has 4 rings (SSSR count). The first-order valence-corrected chi connectivity index (χ1v) is 18.7. The van der Waals surface area contributed by atoms with E-state index in [0.717, 1.165) is 60.4 Å². The van der Waals surface area contributed by atoms with Crippen molar-refractivity contribution in [2.24, 2.45) is 0 Å². The zero-order chi connectivity index (χ0) is 35.6. The zero-order valence-corrected chi connectivity index (χ0v) is 30.6. The summed E-state index contributed by atoms with van der Waals surface area (Å²) in [7, 11) is 0. The Hall–Kier alpha value is -3.87. The Bertz CT molecular complexity index is 1730. The minimum atomic E-state index is -0.357. The monoisotopic (exact) mass is 674 g/mol. The highest BCUT2D eigenvalue weighted by Gasteiger charge is 2.14. The molecular formula is C42H58O7. The number of hydrogen-bond donors (Lipinski definition) is 1. The molecule has 7 nitrogen and oxygen atoms in total. The van der Waals surface area contributed by atoms with E-state index in [4.69, 9.17) is 13.6 Å². The number of esters is 1. The molecule has 0 saturated carbocycles. The molecule has 0 bridgehead atoms. The van der Waals surface area contributed by atoms with Crippen LogP contribution in [0.2, 0.25) is 0 Å². The fraction of sp³-hybridized carbons (Fsp3) is 0.548. The summed E-state index contributed by atoms with van der Waals surface area (Å²) in [5.74, 6) is 0.427. The summed E-state index contributed by atoms with van der Waals surface area (Å²) in [6.07, 6.45) is 20.7. The molecule has 2 heterocycles. The maximum absolute atomic E-state index is 12.3. The van der Waals surface area contributed by atoms with Gasteiger partial charge in [0.15, 0.2) is 0 Å². The summed E-state index contributed by atoms with van der Waals surface area (Å²) in [5.41, 5.74) is 3.60. The molecule has 2 aromatic carbocycles. The lowest BCUT2D eigenvalue weighted by molar-refractivity contribution is -0.134. The van der Waals surface area contributed by atoms with Crippen LogP contribution in [-0.4, -0.2) is 11.1 Å². The van der Waals surface area contributed by atoms with Crippen molar-refractivity contribution in [3.05, 3.63) is 79.5 Å². The number of rotatable bonds is 19. The van der Waals surface area contributed by atoms with Crippen LogP contribution < -0.4 is 16.0 Å². The molecule has 0 spiro atoms. The highest BCUT2D eigenvalue weighted by Crippen LogP contribution is 2.30. The molecule has 0 aliphatic carbocycles. The molecule has 0 radical (unpaired) electrons. The number of hydrogen-bond acceptors (Lipinski definition) is 7. The zero-order valence-electron chi connectivity index (χ0n) is 30.6. The van der Waals surface area contributed by atoms with Crippen molar-refractivity contribution in [1.82, 2.24) is 0 Å².